The van der Waals surface area contributed by atoms with Crippen LogP contribution >= 0.6 is 0 Å². The van der Waals surface area contributed by atoms with Gasteiger partial charge in [-0.1, -0.05) is 73.5 Å². The smallest absolute Gasteiger partial charge is 0.0594 e. The third kappa shape index (κ3) is 2.54. The Morgan fingerprint density at radius 3 is 2.10 bits per heavy atom. The van der Waals surface area contributed by atoms with Crippen molar-refractivity contribution >= 4 is 0 Å². The summed E-state index contributed by atoms with van der Waals surface area (Å²) in [6, 6.07) is 0. The topological polar surface area (TPSA) is 20.2 Å². The molecule has 0 unspecified atom stereocenters. The first-order valence-corrected chi connectivity index (χ1v) is 13.6. The van der Waals surface area contributed by atoms with Crippen molar-refractivity contribution in [1.29, 1.82) is 0 Å². The Morgan fingerprint density at radius 2 is 1.39 bits per heavy atom. The molecule has 5 aliphatic rings. The predicted octanol–water partition coefficient (Wildman–Crippen LogP) is 8.17. The molecule has 31 heavy (non-hydrogen) atoms. The van der Waals surface area contributed by atoms with Crippen molar-refractivity contribution in [3.63, 3.8) is 0 Å². The third-order valence-electron chi connectivity index (χ3n) is 13.6. The molecule has 4 saturated carbocycles. The van der Waals surface area contributed by atoms with Gasteiger partial charge in [-0.25, -0.2) is 0 Å². The van der Waals surface area contributed by atoms with Crippen LogP contribution in [0.5, 0.6) is 0 Å². The van der Waals surface area contributed by atoms with Gasteiger partial charge in [0.2, 0.25) is 0 Å². The summed E-state index contributed by atoms with van der Waals surface area (Å²) in [6.07, 6.45) is 15.9. The molecule has 8 atom stereocenters. The van der Waals surface area contributed by atoms with Crippen molar-refractivity contribution < 1.29 is 5.11 Å². The van der Waals surface area contributed by atoms with Gasteiger partial charge in [0.15, 0.2) is 0 Å². The molecule has 0 saturated heterocycles. The maximum Gasteiger partial charge on any atom is 0.0594 e. The van der Waals surface area contributed by atoms with Gasteiger partial charge in [-0.2, -0.15) is 0 Å². The zero-order valence-corrected chi connectivity index (χ0v) is 21.9. The highest BCUT2D eigenvalue weighted by molar-refractivity contribution is 5.33. The molecular formula is C30H50O. The zero-order chi connectivity index (χ0) is 22.7. The van der Waals surface area contributed by atoms with E-state index in [-0.39, 0.29) is 11.5 Å². The van der Waals surface area contributed by atoms with Crippen molar-refractivity contribution in [3.05, 3.63) is 11.6 Å². The third-order valence-corrected chi connectivity index (χ3v) is 13.6. The van der Waals surface area contributed by atoms with Crippen LogP contribution in [0.2, 0.25) is 0 Å². The summed E-state index contributed by atoms with van der Waals surface area (Å²) >= 11 is 0. The fourth-order valence-electron chi connectivity index (χ4n) is 10.8. The van der Waals surface area contributed by atoms with Crippen LogP contribution in [0.3, 0.4) is 0 Å². The molecule has 0 aromatic carbocycles. The van der Waals surface area contributed by atoms with Gasteiger partial charge in [0.25, 0.3) is 0 Å². The van der Waals surface area contributed by atoms with Crippen LogP contribution in [0.25, 0.3) is 0 Å². The molecule has 1 N–H and O–H groups in total. The number of rotatable bonds is 0. The molecular weight excluding hydrogens is 376 g/mol. The number of aliphatic hydroxyl groups excluding tert-OH is 1. The van der Waals surface area contributed by atoms with Gasteiger partial charge < -0.3 is 5.11 Å². The van der Waals surface area contributed by atoms with E-state index in [0.717, 1.165) is 18.3 Å². The lowest BCUT2D eigenvalue weighted by molar-refractivity contribution is -0.205. The highest BCUT2D eigenvalue weighted by Gasteiger charge is 2.68. The summed E-state index contributed by atoms with van der Waals surface area (Å²) in [5, 5.41) is 10.9. The van der Waals surface area contributed by atoms with Crippen LogP contribution < -0.4 is 0 Å². The normalized spacial score (nSPS) is 55.2. The largest absolute Gasteiger partial charge is 0.393 e. The molecule has 1 nitrogen and oxygen atoms in total. The summed E-state index contributed by atoms with van der Waals surface area (Å²) in [7, 11) is 0. The fourth-order valence-corrected chi connectivity index (χ4v) is 10.8. The van der Waals surface area contributed by atoms with Gasteiger partial charge in [0.1, 0.15) is 0 Å². The molecule has 4 fully saturated rings. The van der Waals surface area contributed by atoms with E-state index in [0.29, 0.717) is 33.0 Å². The Bertz CT molecular complexity index is 790. The predicted molar refractivity (Wildman–Crippen MR) is 131 cm³/mol. The van der Waals surface area contributed by atoms with Crippen molar-refractivity contribution in [2.45, 2.75) is 126 Å². The lowest BCUT2D eigenvalue weighted by Gasteiger charge is -2.72. The second-order valence-electron chi connectivity index (χ2n) is 14.9. The fraction of sp³-hybridized carbons (Fsp3) is 0.933. The van der Waals surface area contributed by atoms with Crippen LogP contribution in [0, 0.1) is 50.2 Å². The lowest BCUT2D eigenvalue weighted by atomic mass is 9.32. The minimum absolute atomic E-state index is 0.0407. The van der Waals surface area contributed by atoms with Crippen LogP contribution in [0.1, 0.15) is 120 Å². The number of fused-ring (bicyclic) bond motifs is 7. The first-order chi connectivity index (χ1) is 14.2. The van der Waals surface area contributed by atoms with Crippen LogP contribution in [-0.2, 0) is 0 Å². The minimum Gasteiger partial charge on any atom is -0.393 e. The molecule has 176 valence electrons. The molecule has 5 rings (SSSR count). The molecule has 0 radical (unpaired) electrons. The number of hydrogen-bond acceptors (Lipinski definition) is 1. The van der Waals surface area contributed by atoms with Crippen LogP contribution in [0.15, 0.2) is 11.6 Å². The average molecular weight is 427 g/mol. The highest BCUT2D eigenvalue weighted by Crippen LogP contribution is 2.76. The monoisotopic (exact) mass is 426 g/mol. The average Bonchev–Trinajstić information content (AvgIpc) is 2.68. The van der Waals surface area contributed by atoms with E-state index in [1.807, 2.05) is 5.57 Å². The van der Waals surface area contributed by atoms with Gasteiger partial charge in [0, 0.05) is 0 Å². The van der Waals surface area contributed by atoms with Gasteiger partial charge in [-0.3, -0.25) is 0 Å². The molecule has 0 amide bonds. The van der Waals surface area contributed by atoms with E-state index in [4.69, 9.17) is 0 Å². The Hall–Kier alpha value is -0.300. The Kier molecular flexibility index (Phi) is 4.66. The molecule has 0 aromatic heterocycles. The maximum atomic E-state index is 10.9. The van der Waals surface area contributed by atoms with Crippen molar-refractivity contribution in [2.24, 2.45) is 50.2 Å². The van der Waals surface area contributed by atoms with E-state index in [2.05, 4.69) is 61.5 Å². The maximum absolute atomic E-state index is 10.9. The van der Waals surface area contributed by atoms with Gasteiger partial charge >= 0.3 is 0 Å². The van der Waals surface area contributed by atoms with E-state index >= 15 is 0 Å². The lowest BCUT2D eigenvalue weighted by Crippen LogP contribution is -2.64. The molecule has 0 aliphatic heterocycles. The zero-order valence-electron chi connectivity index (χ0n) is 21.9. The second-order valence-corrected chi connectivity index (χ2v) is 14.9. The van der Waals surface area contributed by atoms with E-state index in [9.17, 15) is 5.11 Å². The first kappa shape index (κ1) is 22.5. The van der Waals surface area contributed by atoms with Gasteiger partial charge in [-0.05, 0) is 108 Å². The number of allylic oxidation sites excluding steroid dienone is 2. The highest BCUT2D eigenvalue weighted by atomic mass is 16.3. The molecule has 0 bridgehead atoms. The van der Waals surface area contributed by atoms with E-state index in [1.165, 1.54) is 57.8 Å². The minimum atomic E-state index is -0.132. The summed E-state index contributed by atoms with van der Waals surface area (Å²) in [4.78, 5) is 0. The molecule has 1 heteroatoms. The van der Waals surface area contributed by atoms with Crippen molar-refractivity contribution in [2.75, 3.05) is 0 Å². The van der Waals surface area contributed by atoms with E-state index < -0.39 is 0 Å². The first-order valence-electron chi connectivity index (χ1n) is 13.6. The summed E-state index contributed by atoms with van der Waals surface area (Å²) in [6.45, 7) is 20.6. The SMILES string of the molecule is CC1(C)[C@@H](O)CC[C@]2(C)C3=CC[C@@]4(C)[C@@H]5CCCC(C)(C)[C@@]5(C)CC[C@]4(C)[C@@H]3CC[C@@H]12. The van der Waals surface area contributed by atoms with Gasteiger partial charge in [-0.15, -0.1) is 0 Å². The Labute approximate surface area is 192 Å². The van der Waals surface area contributed by atoms with Crippen molar-refractivity contribution in [1.82, 2.24) is 0 Å². The Morgan fingerprint density at radius 1 is 0.710 bits per heavy atom. The van der Waals surface area contributed by atoms with Crippen LogP contribution in [-0.4, -0.2) is 11.2 Å². The van der Waals surface area contributed by atoms with E-state index in [1.54, 1.807) is 0 Å². The number of aliphatic hydroxyl groups is 1. The molecule has 0 spiro atoms. The molecule has 0 aromatic rings. The summed E-state index contributed by atoms with van der Waals surface area (Å²) in [5.41, 5.74) is 3.98. The quantitative estimate of drug-likeness (QED) is 0.387. The summed E-state index contributed by atoms with van der Waals surface area (Å²) in [5.74, 6) is 2.24. The molecule has 0 heterocycles. The van der Waals surface area contributed by atoms with Crippen LogP contribution in [0.4, 0.5) is 0 Å². The Balaban J connectivity index is 1.58. The standard InChI is InChI=1S/C30H50O/c1-25(2)15-9-10-23-29(25,7)19-18-28(6)21-11-12-22-26(3,4)24(31)14-16-27(22,5)20(21)13-17-30(23,28)8/h13,21-24,31H,9-12,14-19H2,1-8H3/t21-,22+,23-,24+,27-,28-,29+,30+/m1/s1. The number of hydrogen-bond donors (Lipinski definition) is 1. The van der Waals surface area contributed by atoms with Gasteiger partial charge in [0.05, 0.1) is 6.10 Å². The van der Waals surface area contributed by atoms with Crippen molar-refractivity contribution in [3.8, 4) is 0 Å². The second kappa shape index (κ2) is 6.43. The summed E-state index contributed by atoms with van der Waals surface area (Å²) < 4.78 is 0. The molecule has 5 aliphatic carbocycles.